The van der Waals surface area contributed by atoms with Crippen LogP contribution in [-0.2, 0) is 6.42 Å². The van der Waals surface area contributed by atoms with Crippen molar-refractivity contribution in [3.8, 4) is 0 Å². The lowest BCUT2D eigenvalue weighted by atomic mass is 10.1. The first kappa shape index (κ1) is 18.6. The number of fused-ring (bicyclic) bond motifs is 1. The first-order valence-corrected chi connectivity index (χ1v) is 9.16. The van der Waals surface area contributed by atoms with Crippen molar-refractivity contribution in [3.63, 3.8) is 0 Å². The highest BCUT2D eigenvalue weighted by Gasteiger charge is 2.12. The van der Waals surface area contributed by atoms with Crippen LogP contribution in [0.1, 0.15) is 16.8 Å². The van der Waals surface area contributed by atoms with E-state index in [1.807, 2.05) is 0 Å². The lowest BCUT2D eigenvalue weighted by Gasteiger charge is -2.00. The summed E-state index contributed by atoms with van der Waals surface area (Å²) < 4.78 is 14.4. The Morgan fingerprint density at radius 2 is 1.79 bits per heavy atom. The number of hydrogen-bond donors (Lipinski definition) is 0. The predicted molar refractivity (Wildman–Crippen MR) is 104 cm³/mol. The zero-order valence-corrected chi connectivity index (χ0v) is 15.4. The van der Waals surface area contributed by atoms with Crippen LogP contribution in [-0.4, -0.2) is 19.5 Å². The molecule has 0 N–H and O–H groups in total. The first-order valence-electron chi connectivity index (χ1n) is 8.34. The van der Waals surface area contributed by atoms with Crippen molar-refractivity contribution in [1.82, 2.24) is 14.6 Å². The van der Waals surface area contributed by atoms with Gasteiger partial charge in [0, 0.05) is 18.6 Å². The molecule has 0 spiro atoms. The molecular weight excluding hydrogens is 399 g/mol. The molecule has 10 heteroatoms. The summed E-state index contributed by atoms with van der Waals surface area (Å²) >= 11 is 0.998. The molecule has 0 aliphatic heterocycles. The quantitative estimate of drug-likeness (QED) is 0.374. The van der Waals surface area contributed by atoms with E-state index < -0.39 is 21.9 Å². The minimum absolute atomic E-state index is 0.0556. The van der Waals surface area contributed by atoms with Crippen molar-refractivity contribution < 1.29 is 9.31 Å². The lowest BCUT2D eigenvalue weighted by Crippen LogP contribution is -2.28. The highest BCUT2D eigenvalue weighted by Crippen LogP contribution is 2.12. The molecule has 0 atom stereocenters. The van der Waals surface area contributed by atoms with Gasteiger partial charge in [-0.3, -0.25) is 19.7 Å². The topological polar surface area (TPSA) is 107 Å². The Kier molecular flexibility index (Phi) is 4.69. The number of non-ortho nitro benzene ring substituents is 1. The van der Waals surface area contributed by atoms with E-state index in [9.17, 15) is 24.1 Å². The SMILES string of the molecule is O=c1nc2sc(=Cc3ccc([N+](=O)[O-])cc3)c(=O)n2nc1Cc1ccc(F)cc1. The van der Waals surface area contributed by atoms with E-state index >= 15 is 0 Å². The Hall–Kier alpha value is -3.79. The molecule has 4 rings (SSSR count). The van der Waals surface area contributed by atoms with Gasteiger partial charge in [-0.2, -0.15) is 14.6 Å². The van der Waals surface area contributed by atoms with Crippen LogP contribution < -0.4 is 15.7 Å². The number of benzene rings is 2. The normalized spacial score (nSPS) is 11.8. The van der Waals surface area contributed by atoms with Gasteiger partial charge in [0.1, 0.15) is 11.5 Å². The third-order valence-corrected chi connectivity index (χ3v) is 5.10. The van der Waals surface area contributed by atoms with Gasteiger partial charge in [0.25, 0.3) is 16.8 Å². The highest BCUT2D eigenvalue weighted by atomic mass is 32.1. The number of rotatable bonds is 4. The number of thiazole rings is 1. The van der Waals surface area contributed by atoms with Gasteiger partial charge in [0.15, 0.2) is 0 Å². The Balaban J connectivity index is 1.75. The van der Waals surface area contributed by atoms with E-state index in [-0.39, 0.29) is 27.3 Å². The highest BCUT2D eigenvalue weighted by molar-refractivity contribution is 7.15. The Labute approximate surface area is 165 Å². The number of halogens is 1. The largest absolute Gasteiger partial charge is 0.296 e. The number of nitrogens with zero attached hydrogens (tertiary/aromatic N) is 4. The molecule has 0 unspecified atom stereocenters. The second-order valence-electron chi connectivity index (χ2n) is 6.13. The van der Waals surface area contributed by atoms with Gasteiger partial charge in [-0.15, -0.1) is 0 Å². The first-order chi connectivity index (χ1) is 13.9. The van der Waals surface area contributed by atoms with E-state index in [2.05, 4.69) is 10.1 Å². The Morgan fingerprint density at radius 1 is 1.10 bits per heavy atom. The third-order valence-electron chi connectivity index (χ3n) is 4.14. The van der Waals surface area contributed by atoms with Crippen LogP contribution in [0.2, 0.25) is 0 Å². The van der Waals surface area contributed by atoms with Crippen LogP contribution in [0.4, 0.5) is 10.1 Å². The maximum absolute atomic E-state index is 13.0. The van der Waals surface area contributed by atoms with Crippen LogP contribution in [0, 0.1) is 15.9 Å². The molecule has 2 heterocycles. The van der Waals surface area contributed by atoms with Gasteiger partial charge < -0.3 is 0 Å². The standard InChI is InChI=1S/C19H11FN4O4S/c20-13-5-1-11(2-6-13)9-15-17(25)21-19-23(22-15)18(26)16(29-19)10-12-3-7-14(8-4-12)24(27)28/h1-8,10H,9H2. The van der Waals surface area contributed by atoms with Crippen LogP contribution in [0.25, 0.3) is 11.0 Å². The predicted octanol–water partition coefficient (Wildman–Crippen LogP) is 1.70. The minimum atomic E-state index is -0.558. The van der Waals surface area contributed by atoms with Gasteiger partial charge >= 0.3 is 0 Å². The fraction of sp³-hybridized carbons (Fsp3) is 0.0526. The lowest BCUT2D eigenvalue weighted by molar-refractivity contribution is -0.384. The molecule has 0 aliphatic carbocycles. The van der Waals surface area contributed by atoms with Gasteiger partial charge in [-0.25, -0.2) is 4.39 Å². The van der Waals surface area contributed by atoms with E-state index in [1.54, 1.807) is 6.08 Å². The second kappa shape index (κ2) is 7.32. The minimum Gasteiger partial charge on any atom is -0.266 e. The molecule has 0 saturated carbocycles. The molecule has 0 fully saturated rings. The van der Waals surface area contributed by atoms with Crippen LogP contribution in [0.15, 0.2) is 58.1 Å². The summed E-state index contributed by atoms with van der Waals surface area (Å²) in [5.74, 6) is -0.391. The maximum atomic E-state index is 13.0. The molecule has 8 nitrogen and oxygen atoms in total. The van der Waals surface area contributed by atoms with Gasteiger partial charge in [-0.1, -0.05) is 23.5 Å². The zero-order valence-electron chi connectivity index (χ0n) is 14.6. The van der Waals surface area contributed by atoms with Crippen molar-refractivity contribution in [2.75, 3.05) is 0 Å². The summed E-state index contributed by atoms with van der Waals surface area (Å²) in [6, 6.07) is 11.3. The van der Waals surface area contributed by atoms with Crippen molar-refractivity contribution in [2.45, 2.75) is 6.42 Å². The van der Waals surface area contributed by atoms with Crippen LogP contribution in [0.5, 0.6) is 0 Å². The molecule has 0 aliphatic rings. The molecule has 0 bridgehead atoms. The van der Waals surface area contributed by atoms with E-state index in [0.717, 1.165) is 15.9 Å². The fourth-order valence-corrected chi connectivity index (χ4v) is 3.60. The molecule has 144 valence electrons. The summed E-state index contributed by atoms with van der Waals surface area (Å²) in [4.78, 5) is 39.2. The summed E-state index contributed by atoms with van der Waals surface area (Å²) in [6.07, 6.45) is 1.67. The number of aromatic nitrogens is 3. The number of hydrogen-bond acceptors (Lipinski definition) is 7. The molecule has 29 heavy (non-hydrogen) atoms. The molecule has 0 amide bonds. The summed E-state index contributed by atoms with van der Waals surface area (Å²) in [6.45, 7) is 0. The summed E-state index contributed by atoms with van der Waals surface area (Å²) in [5.41, 5.74) is 0.270. The fourth-order valence-electron chi connectivity index (χ4n) is 2.69. The van der Waals surface area contributed by atoms with E-state index in [1.165, 1.54) is 48.5 Å². The zero-order chi connectivity index (χ0) is 20.5. The third kappa shape index (κ3) is 3.78. The van der Waals surface area contributed by atoms with Crippen LogP contribution in [0.3, 0.4) is 0 Å². The average Bonchev–Trinajstić information content (AvgIpc) is 2.99. The second-order valence-corrected chi connectivity index (χ2v) is 7.13. The molecule has 0 saturated heterocycles. The molecule has 0 radical (unpaired) electrons. The Morgan fingerprint density at radius 3 is 2.45 bits per heavy atom. The van der Waals surface area contributed by atoms with E-state index in [0.29, 0.717) is 11.1 Å². The van der Waals surface area contributed by atoms with Crippen molar-refractivity contribution >= 4 is 28.1 Å². The molecular formula is C19H11FN4O4S. The molecule has 2 aromatic heterocycles. The Bertz CT molecular complexity index is 1400. The van der Waals surface area contributed by atoms with Gasteiger partial charge in [-0.05, 0) is 41.5 Å². The van der Waals surface area contributed by atoms with Crippen molar-refractivity contribution in [3.05, 3.63) is 107 Å². The monoisotopic (exact) mass is 410 g/mol. The molecule has 2 aromatic carbocycles. The van der Waals surface area contributed by atoms with E-state index in [4.69, 9.17) is 0 Å². The number of nitro groups is 1. The smallest absolute Gasteiger partial charge is 0.266 e. The molecule has 4 aromatic rings. The van der Waals surface area contributed by atoms with Crippen LogP contribution >= 0.6 is 11.3 Å². The van der Waals surface area contributed by atoms with Gasteiger partial charge in [0.05, 0.1) is 9.46 Å². The van der Waals surface area contributed by atoms with Crippen molar-refractivity contribution in [2.24, 2.45) is 0 Å². The maximum Gasteiger partial charge on any atom is 0.296 e. The van der Waals surface area contributed by atoms with Gasteiger partial charge in [0.2, 0.25) is 4.96 Å². The summed E-state index contributed by atoms with van der Waals surface area (Å²) in [5, 5.41) is 14.9. The summed E-state index contributed by atoms with van der Waals surface area (Å²) in [7, 11) is 0. The number of nitro benzene ring substituents is 1. The van der Waals surface area contributed by atoms with Crippen molar-refractivity contribution in [1.29, 1.82) is 0 Å². The average molecular weight is 410 g/mol.